The highest BCUT2D eigenvalue weighted by atomic mass is 35.5. The van der Waals surface area contributed by atoms with E-state index in [2.05, 4.69) is 29.7 Å². The molecule has 3 aromatic rings. The lowest BCUT2D eigenvalue weighted by molar-refractivity contribution is 0.369. The lowest BCUT2D eigenvalue weighted by Crippen LogP contribution is -2.15. The highest BCUT2D eigenvalue weighted by molar-refractivity contribution is 6.44. The maximum atomic E-state index is 6.51. The molecule has 27 heavy (non-hydrogen) atoms. The third-order valence-electron chi connectivity index (χ3n) is 6.28. The summed E-state index contributed by atoms with van der Waals surface area (Å²) in [5, 5.41) is 1.58. The Labute approximate surface area is 174 Å². The predicted octanol–water partition coefficient (Wildman–Crippen LogP) is 7.42. The monoisotopic (exact) mass is 418 g/mol. The van der Waals surface area contributed by atoms with E-state index in [1.165, 1.54) is 31.2 Å². The first-order valence-corrected chi connectivity index (χ1v) is 10.8. The zero-order chi connectivity index (χ0) is 18.8. The van der Waals surface area contributed by atoms with Gasteiger partial charge >= 0.3 is 0 Å². The first kappa shape index (κ1) is 17.8. The number of para-hydroxylation sites is 1. The van der Waals surface area contributed by atoms with Crippen molar-refractivity contribution < 1.29 is 0 Å². The third-order valence-corrected chi connectivity index (χ3v) is 7.32. The summed E-state index contributed by atoms with van der Waals surface area (Å²) in [4.78, 5) is 5.02. The molecule has 0 saturated heterocycles. The van der Waals surface area contributed by atoms with Gasteiger partial charge in [0, 0.05) is 24.1 Å². The molecule has 0 aliphatic heterocycles. The van der Waals surface area contributed by atoms with Gasteiger partial charge in [-0.25, -0.2) is 4.98 Å². The van der Waals surface area contributed by atoms with E-state index in [4.69, 9.17) is 39.8 Å². The fourth-order valence-electron chi connectivity index (χ4n) is 4.45. The molecule has 2 aliphatic carbocycles. The number of benzene rings is 2. The van der Waals surface area contributed by atoms with Gasteiger partial charge < -0.3 is 4.57 Å². The molecule has 5 heteroatoms. The number of hydrogen-bond acceptors (Lipinski definition) is 1. The fourth-order valence-corrected chi connectivity index (χ4v) is 5.10. The van der Waals surface area contributed by atoms with E-state index in [-0.39, 0.29) is 0 Å². The molecule has 0 radical (unpaired) electrons. The van der Waals surface area contributed by atoms with E-state index in [0.29, 0.717) is 20.5 Å². The number of rotatable bonds is 5. The van der Waals surface area contributed by atoms with Gasteiger partial charge in [-0.1, -0.05) is 53.9 Å². The van der Waals surface area contributed by atoms with E-state index in [1.54, 1.807) is 6.07 Å². The minimum atomic E-state index is 0.470. The molecule has 5 rings (SSSR count). The molecule has 1 aromatic heterocycles. The van der Waals surface area contributed by atoms with Crippen molar-refractivity contribution in [3.8, 4) is 11.1 Å². The van der Waals surface area contributed by atoms with Crippen molar-refractivity contribution in [3.05, 3.63) is 51.2 Å². The average Bonchev–Trinajstić information content (AvgIpc) is 3.55. The van der Waals surface area contributed by atoms with Crippen molar-refractivity contribution >= 4 is 45.8 Å². The van der Waals surface area contributed by atoms with Crippen molar-refractivity contribution in [1.82, 2.24) is 9.55 Å². The summed E-state index contributed by atoms with van der Waals surface area (Å²) in [6, 6.07) is 9.89. The standard InChI is InChI=1S/C22H21Cl3N2/c1-2-20-26-21-14(15-10-17(24)18(25)11-16(15)23)4-3-5-19(21)27(20)12-22(8-9-22)13-6-7-13/h3-5,10-11,13H,2,6-9,12H2,1H3. The number of fused-ring (bicyclic) bond motifs is 1. The summed E-state index contributed by atoms with van der Waals surface area (Å²) in [6.45, 7) is 3.27. The van der Waals surface area contributed by atoms with Crippen LogP contribution in [0.3, 0.4) is 0 Å². The molecule has 140 valence electrons. The van der Waals surface area contributed by atoms with Crippen LogP contribution in [0.15, 0.2) is 30.3 Å². The number of nitrogens with zero attached hydrogens (tertiary/aromatic N) is 2. The Morgan fingerprint density at radius 2 is 1.78 bits per heavy atom. The minimum absolute atomic E-state index is 0.470. The second kappa shape index (κ2) is 6.40. The summed E-state index contributed by atoms with van der Waals surface area (Å²) >= 11 is 18.9. The van der Waals surface area contributed by atoms with Crippen LogP contribution in [-0.2, 0) is 13.0 Å². The van der Waals surface area contributed by atoms with Crippen LogP contribution in [0.5, 0.6) is 0 Å². The highest BCUT2D eigenvalue weighted by Crippen LogP contribution is 2.62. The van der Waals surface area contributed by atoms with E-state index in [9.17, 15) is 0 Å². The largest absolute Gasteiger partial charge is 0.327 e. The summed E-state index contributed by atoms with van der Waals surface area (Å²) < 4.78 is 2.45. The predicted molar refractivity (Wildman–Crippen MR) is 114 cm³/mol. The molecule has 2 saturated carbocycles. The van der Waals surface area contributed by atoms with Crippen molar-refractivity contribution in [2.24, 2.45) is 11.3 Å². The van der Waals surface area contributed by atoms with Crippen LogP contribution >= 0.6 is 34.8 Å². The second-order valence-corrected chi connectivity index (χ2v) is 9.25. The zero-order valence-corrected chi connectivity index (χ0v) is 17.5. The lowest BCUT2D eigenvalue weighted by atomic mass is 10.00. The Hall–Kier alpha value is -1.22. The molecule has 1 heterocycles. The normalized spacial score (nSPS) is 18.2. The lowest BCUT2D eigenvalue weighted by Gasteiger charge is -2.17. The number of halogens is 3. The summed E-state index contributed by atoms with van der Waals surface area (Å²) in [7, 11) is 0. The highest BCUT2D eigenvalue weighted by Gasteiger charge is 2.54. The molecule has 0 amide bonds. The second-order valence-electron chi connectivity index (χ2n) is 8.02. The van der Waals surface area contributed by atoms with Crippen molar-refractivity contribution in [2.75, 3.05) is 0 Å². The van der Waals surface area contributed by atoms with Crippen molar-refractivity contribution in [2.45, 2.75) is 45.6 Å². The van der Waals surface area contributed by atoms with Gasteiger partial charge in [0.05, 0.1) is 26.1 Å². The van der Waals surface area contributed by atoms with Gasteiger partial charge in [-0.2, -0.15) is 0 Å². The summed E-state index contributed by atoms with van der Waals surface area (Å²) in [6.07, 6.45) is 6.44. The Kier molecular flexibility index (Phi) is 4.23. The molecule has 2 aliphatic rings. The van der Waals surface area contributed by atoms with Crippen LogP contribution in [0.1, 0.15) is 38.4 Å². The SMILES string of the molecule is CCc1nc2c(-c3cc(Cl)c(Cl)cc3Cl)cccc2n1CC1(C2CC2)CC1. The van der Waals surface area contributed by atoms with Gasteiger partial charge in [-0.3, -0.25) is 0 Å². The Bertz CT molecular complexity index is 1050. The number of aromatic nitrogens is 2. The van der Waals surface area contributed by atoms with Gasteiger partial charge in [0.15, 0.2) is 0 Å². The Morgan fingerprint density at radius 3 is 2.44 bits per heavy atom. The molecular formula is C22H21Cl3N2. The molecular weight excluding hydrogens is 399 g/mol. The number of hydrogen-bond donors (Lipinski definition) is 0. The van der Waals surface area contributed by atoms with E-state index >= 15 is 0 Å². The maximum absolute atomic E-state index is 6.51. The topological polar surface area (TPSA) is 17.8 Å². The van der Waals surface area contributed by atoms with Gasteiger partial charge in [-0.05, 0) is 55.2 Å². The Morgan fingerprint density at radius 1 is 1.04 bits per heavy atom. The average molecular weight is 420 g/mol. The van der Waals surface area contributed by atoms with Crippen LogP contribution in [0.4, 0.5) is 0 Å². The van der Waals surface area contributed by atoms with E-state index < -0.39 is 0 Å². The molecule has 0 unspecified atom stereocenters. The van der Waals surface area contributed by atoms with Gasteiger partial charge in [0.1, 0.15) is 5.82 Å². The molecule has 0 spiro atoms. The number of imidazole rings is 1. The first-order valence-electron chi connectivity index (χ1n) is 9.65. The van der Waals surface area contributed by atoms with E-state index in [1.807, 2.05) is 6.07 Å². The van der Waals surface area contributed by atoms with Crippen molar-refractivity contribution in [1.29, 1.82) is 0 Å². The van der Waals surface area contributed by atoms with Crippen LogP contribution < -0.4 is 0 Å². The summed E-state index contributed by atoms with van der Waals surface area (Å²) in [5.41, 5.74) is 4.61. The van der Waals surface area contributed by atoms with Gasteiger partial charge in [0.2, 0.25) is 0 Å². The molecule has 0 atom stereocenters. The first-order chi connectivity index (χ1) is 13.0. The molecule has 0 N–H and O–H groups in total. The fraction of sp³-hybridized carbons (Fsp3) is 0.409. The van der Waals surface area contributed by atoms with Crippen LogP contribution in [0, 0.1) is 11.3 Å². The smallest absolute Gasteiger partial charge is 0.109 e. The van der Waals surface area contributed by atoms with Gasteiger partial charge in [-0.15, -0.1) is 0 Å². The quantitative estimate of drug-likeness (QED) is 0.393. The summed E-state index contributed by atoms with van der Waals surface area (Å²) in [5.74, 6) is 2.08. The van der Waals surface area contributed by atoms with E-state index in [0.717, 1.165) is 41.4 Å². The van der Waals surface area contributed by atoms with Crippen molar-refractivity contribution in [3.63, 3.8) is 0 Å². The third kappa shape index (κ3) is 2.97. The maximum Gasteiger partial charge on any atom is 0.109 e. The number of aryl methyl sites for hydroxylation is 1. The van der Waals surface area contributed by atoms with Crippen LogP contribution in [-0.4, -0.2) is 9.55 Å². The Balaban J connectivity index is 1.66. The zero-order valence-electron chi connectivity index (χ0n) is 15.2. The molecule has 2 fully saturated rings. The van der Waals surface area contributed by atoms with Crippen LogP contribution in [0.2, 0.25) is 15.1 Å². The molecule has 2 nitrogen and oxygen atoms in total. The van der Waals surface area contributed by atoms with Crippen LogP contribution in [0.25, 0.3) is 22.2 Å². The minimum Gasteiger partial charge on any atom is -0.327 e. The molecule has 2 aromatic carbocycles. The molecule has 0 bridgehead atoms. The van der Waals surface area contributed by atoms with Gasteiger partial charge in [0.25, 0.3) is 0 Å².